The molecule has 0 saturated heterocycles. The van der Waals surface area contributed by atoms with Crippen LogP contribution in [0.15, 0.2) is 84.3 Å². The van der Waals surface area contributed by atoms with E-state index in [1.807, 2.05) is 18.2 Å². The van der Waals surface area contributed by atoms with E-state index < -0.39 is 10.1 Å². The molecule has 0 aliphatic heterocycles. The Morgan fingerprint density at radius 3 is 2.00 bits per heavy atom. The van der Waals surface area contributed by atoms with E-state index in [0.29, 0.717) is 0 Å². The maximum Gasteiger partial charge on any atom is 0.357 e. The summed E-state index contributed by atoms with van der Waals surface area (Å²) in [5, 5.41) is 0. The molecule has 22 heavy (non-hydrogen) atoms. The second-order valence-electron chi connectivity index (χ2n) is 4.42. The molecule has 0 unspecified atom stereocenters. The topological polar surface area (TPSA) is 61.2 Å². The molecule has 0 radical (unpaired) electrons. The molecule has 0 spiro atoms. The van der Waals surface area contributed by atoms with Gasteiger partial charge in [0.05, 0.1) is 6.20 Å². The van der Waals surface area contributed by atoms with Crippen molar-refractivity contribution in [2.24, 2.45) is 0 Å². The van der Waals surface area contributed by atoms with E-state index in [-0.39, 0.29) is 4.90 Å². The molecule has 3 rings (SSSR count). The predicted molar refractivity (Wildman–Crippen MR) is 83.6 cm³/mol. The summed E-state index contributed by atoms with van der Waals surface area (Å²) in [5.41, 5.74) is 1.32. The number of nitrogens with zero attached hydrogens (tertiary/aromatic N) is 2. The Morgan fingerprint density at radius 1 is 0.955 bits per heavy atom. The van der Waals surface area contributed by atoms with E-state index in [1.165, 1.54) is 36.4 Å². The van der Waals surface area contributed by atoms with Gasteiger partial charge in [-0.05, 0) is 19.1 Å². The first-order valence-corrected chi connectivity index (χ1v) is 7.98. The van der Waals surface area contributed by atoms with E-state index in [9.17, 15) is 8.42 Å². The van der Waals surface area contributed by atoms with Crippen LogP contribution < -0.4 is 4.28 Å². The molecule has 0 amide bonds. The second-order valence-corrected chi connectivity index (χ2v) is 5.95. The lowest BCUT2D eigenvalue weighted by Gasteiger charge is -2.05. The summed E-state index contributed by atoms with van der Waals surface area (Å²) >= 11 is 0. The molecule has 0 aliphatic carbocycles. The van der Waals surface area contributed by atoms with Gasteiger partial charge in [-0.15, -0.1) is 0 Å². The third-order valence-corrected chi connectivity index (χ3v) is 3.85. The summed E-state index contributed by atoms with van der Waals surface area (Å²) in [6.45, 7) is 2.08. The van der Waals surface area contributed by atoms with E-state index in [1.54, 1.807) is 18.2 Å². The van der Waals surface area contributed by atoms with Gasteiger partial charge in [-0.1, -0.05) is 54.1 Å². The number of rotatable bonds is 3. The predicted octanol–water partition coefficient (Wildman–Crippen LogP) is 2.70. The van der Waals surface area contributed by atoms with Gasteiger partial charge in [-0.3, -0.25) is 4.28 Å². The van der Waals surface area contributed by atoms with Crippen LogP contribution in [0.1, 0.15) is 5.56 Å². The summed E-state index contributed by atoms with van der Waals surface area (Å²) in [6.07, 6.45) is 4.10. The van der Waals surface area contributed by atoms with Gasteiger partial charge < -0.3 is 0 Å². The van der Waals surface area contributed by atoms with Crippen molar-refractivity contribution in [2.75, 3.05) is 0 Å². The molecule has 114 valence electrons. The van der Waals surface area contributed by atoms with Crippen molar-refractivity contribution in [3.05, 3.63) is 84.9 Å². The number of hydrogen-bond donors (Lipinski definition) is 0. The van der Waals surface area contributed by atoms with Gasteiger partial charge in [0.2, 0.25) is 0 Å². The van der Waals surface area contributed by atoms with Crippen LogP contribution in [0.25, 0.3) is 0 Å². The highest BCUT2D eigenvalue weighted by atomic mass is 32.2. The Balaban J connectivity index is 0.000000211. The number of imidazole rings is 1. The van der Waals surface area contributed by atoms with Crippen molar-refractivity contribution < 1.29 is 12.7 Å². The van der Waals surface area contributed by atoms with Crippen molar-refractivity contribution in [3.8, 4) is 0 Å². The lowest BCUT2D eigenvalue weighted by Crippen LogP contribution is -2.18. The van der Waals surface area contributed by atoms with Crippen LogP contribution in [0.2, 0.25) is 0 Å². The van der Waals surface area contributed by atoms with Crippen molar-refractivity contribution in [1.82, 2.24) is 9.71 Å². The number of aryl methyl sites for hydroxylation is 1. The van der Waals surface area contributed by atoms with Crippen molar-refractivity contribution >= 4 is 10.1 Å². The third-order valence-electron chi connectivity index (χ3n) is 2.64. The van der Waals surface area contributed by atoms with Crippen LogP contribution in [0.5, 0.6) is 0 Å². The Hall–Kier alpha value is -2.60. The molecule has 0 aliphatic rings. The fourth-order valence-electron chi connectivity index (χ4n) is 1.57. The summed E-state index contributed by atoms with van der Waals surface area (Å²) in [6, 6.07) is 18.2. The zero-order valence-corrected chi connectivity index (χ0v) is 12.8. The SMILES string of the molecule is Cc1ccccc1.O=S(=O)(On1ccnc1)c1ccccc1. The molecule has 0 bridgehead atoms. The molecule has 0 atom stereocenters. The molecule has 2 aromatic carbocycles. The largest absolute Gasteiger partial charge is 0.357 e. The lowest BCUT2D eigenvalue weighted by molar-refractivity contribution is 0.278. The molecule has 5 nitrogen and oxygen atoms in total. The number of aromatic nitrogens is 2. The van der Waals surface area contributed by atoms with Crippen molar-refractivity contribution in [3.63, 3.8) is 0 Å². The Labute approximate surface area is 129 Å². The minimum absolute atomic E-state index is 0.110. The van der Waals surface area contributed by atoms with E-state index in [2.05, 4.69) is 24.0 Å². The quantitative estimate of drug-likeness (QED) is 0.745. The van der Waals surface area contributed by atoms with Crippen LogP contribution >= 0.6 is 0 Å². The average molecular weight is 316 g/mol. The molecular formula is C16H16N2O3S. The fourth-order valence-corrected chi connectivity index (χ4v) is 2.46. The van der Waals surface area contributed by atoms with Crippen LogP contribution in [-0.2, 0) is 10.1 Å². The molecule has 1 aromatic heterocycles. The molecule has 0 N–H and O–H groups in total. The van der Waals surface area contributed by atoms with Crippen LogP contribution in [0.3, 0.4) is 0 Å². The maximum atomic E-state index is 11.6. The van der Waals surface area contributed by atoms with Gasteiger partial charge >= 0.3 is 10.1 Å². The van der Waals surface area contributed by atoms with Crippen molar-refractivity contribution in [1.29, 1.82) is 0 Å². The second kappa shape index (κ2) is 7.42. The zero-order valence-electron chi connectivity index (χ0n) is 12.0. The van der Waals surface area contributed by atoms with Crippen LogP contribution in [0, 0.1) is 6.92 Å². The van der Waals surface area contributed by atoms with Crippen LogP contribution in [0.4, 0.5) is 0 Å². The molecule has 6 heteroatoms. The highest BCUT2D eigenvalue weighted by Gasteiger charge is 2.15. The third kappa shape index (κ3) is 4.75. The first-order valence-electron chi connectivity index (χ1n) is 6.57. The van der Waals surface area contributed by atoms with Gasteiger partial charge in [0.15, 0.2) is 0 Å². The molecule has 1 heterocycles. The minimum Gasteiger partial charge on any atom is -0.283 e. The Morgan fingerprint density at radius 2 is 1.55 bits per heavy atom. The molecule has 3 aromatic rings. The summed E-state index contributed by atoms with van der Waals surface area (Å²) in [7, 11) is -3.76. The lowest BCUT2D eigenvalue weighted by atomic mass is 10.2. The minimum atomic E-state index is -3.76. The van der Waals surface area contributed by atoms with Gasteiger partial charge in [0.25, 0.3) is 0 Å². The smallest absolute Gasteiger partial charge is 0.283 e. The average Bonchev–Trinajstić information content (AvgIpc) is 3.02. The monoisotopic (exact) mass is 316 g/mol. The highest BCUT2D eigenvalue weighted by Crippen LogP contribution is 2.08. The summed E-state index contributed by atoms with van der Waals surface area (Å²) in [5.74, 6) is 0. The highest BCUT2D eigenvalue weighted by molar-refractivity contribution is 7.87. The van der Waals surface area contributed by atoms with Crippen molar-refractivity contribution in [2.45, 2.75) is 11.8 Å². The maximum absolute atomic E-state index is 11.6. The number of benzene rings is 2. The molecular weight excluding hydrogens is 300 g/mol. The Kier molecular flexibility index (Phi) is 5.32. The summed E-state index contributed by atoms with van der Waals surface area (Å²) in [4.78, 5) is 3.78. The molecule has 0 fully saturated rings. The standard InChI is InChI=1S/C9H8N2O3S.C7H8/c12-15(13,9-4-2-1-3-5-9)14-11-7-6-10-8-11;1-7-5-3-2-4-6-7/h1-8H;2-6H,1H3. The number of hydrogen-bond acceptors (Lipinski definition) is 4. The van der Waals surface area contributed by atoms with Gasteiger partial charge in [-0.2, -0.15) is 13.1 Å². The van der Waals surface area contributed by atoms with E-state index in [0.717, 1.165) is 4.73 Å². The van der Waals surface area contributed by atoms with Gasteiger partial charge in [0, 0.05) is 6.20 Å². The molecule has 0 saturated carbocycles. The first kappa shape index (κ1) is 15.8. The van der Waals surface area contributed by atoms with Gasteiger partial charge in [0.1, 0.15) is 11.2 Å². The normalized spacial score (nSPS) is 10.4. The zero-order chi connectivity index (χ0) is 15.8. The van der Waals surface area contributed by atoms with Crippen LogP contribution in [-0.4, -0.2) is 18.1 Å². The first-order chi connectivity index (χ1) is 10.6. The summed E-state index contributed by atoms with van der Waals surface area (Å²) < 4.78 is 29.0. The Bertz CT molecular complexity index is 771. The van der Waals surface area contributed by atoms with E-state index in [4.69, 9.17) is 4.28 Å². The van der Waals surface area contributed by atoms with E-state index >= 15 is 0 Å². The fraction of sp³-hybridized carbons (Fsp3) is 0.0625. The van der Waals surface area contributed by atoms with Gasteiger partial charge in [-0.25, -0.2) is 4.98 Å².